The van der Waals surface area contributed by atoms with Crippen molar-refractivity contribution < 1.29 is 27.9 Å². The van der Waals surface area contributed by atoms with Gasteiger partial charge in [0.15, 0.2) is 9.84 Å². The summed E-state index contributed by atoms with van der Waals surface area (Å²) in [6.45, 7) is 6.25. The topological polar surface area (TPSA) is 114 Å². The number of carboxylic acid groups (broad SMARTS) is 1. The van der Waals surface area contributed by atoms with Crippen molar-refractivity contribution in [2.75, 3.05) is 18.8 Å². The van der Waals surface area contributed by atoms with Crippen LogP contribution in [0.4, 0.5) is 4.79 Å². The minimum atomic E-state index is -3.64. The number of nitrogens with zero attached hydrogens (tertiary/aromatic N) is 2. The maximum absolute atomic E-state index is 12.5. The molecular weight excluding hydrogens is 360 g/mol. The van der Waals surface area contributed by atoms with Gasteiger partial charge < -0.3 is 14.7 Å². The molecule has 2 heterocycles. The normalized spacial score (nSPS) is 16.3. The van der Waals surface area contributed by atoms with Crippen LogP contribution in [0.5, 0.6) is 0 Å². The molecule has 2 rings (SSSR count). The summed E-state index contributed by atoms with van der Waals surface area (Å²) in [7, 11) is -3.64. The van der Waals surface area contributed by atoms with Gasteiger partial charge in [-0.05, 0) is 45.6 Å². The summed E-state index contributed by atoms with van der Waals surface area (Å²) in [5, 5.41) is 8.97. The zero-order valence-electron chi connectivity index (χ0n) is 15.1. The number of carboxylic acids is 1. The highest BCUT2D eigenvalue weighted by atomic mass is 32.2. The number of carbonyl (C=O) groups is 2. The molecule has 1 N–H and O–H groups in total. The minimum absolute atomic E-state index is 0.0908. The molecule has 26 heavy (non-hydrogen) atoms. The molecule has 0 spiro atoms. The molecule has 1 aliphatic rings. The molecule has 1 aliphatic heterocycles. The summed E-state index contributed by atoms with van der Waals surface area (Å²) in [6, 6.07) is 1.13. The Balaban J connectivity index is 1.97. The van der Waals surface area contributed by atoms with Gasteiger partial charge in [-0.2, -0.15) is 0 Å². The fourth-order valence-electron chi connectivity index (χ4n) is 2.72. The van der Waals surface area contributed by atoms with E-state index in [2.05, 4.69) is 4.98 Å². The lowest BCUT2D eigenvalue weighted by atomic mass is 9.99. The van der Waals surface area contributed by atoms with Crippen LogP contribution in [-0.4, -0.2) is 59.9 Å². The summed E-state index contributed by atoms with van der Waals surface area (Å²) in [5.41, 5.74) is -0.731. The van der Waals surface area contributed by atoms with Crippen LogP contribution in [0.3, 0.4) is 0 Å². The standard InChI is InChI=1S/C17H24N2O6S/c1-17(2,3)25-16(22)19-6-4-12(5-7-19)11-26(23,24)14-8-13(15(20)21)9-18-10-14/h8-10,12H,4-7,11H2,1-3H3,(H,20,21). The van der Waals surface area contributed by atoms with Gasteiger partial charge in [0, 0.05) is 25.5 Å². The van der Waals surface area contributed by atoms with E-state index in [1.807, 2.05) is 0 Å². The smallest absolute Gasteiger partial charge is 0.410 e. The Bertz CT molecular complexity index is 777. The van der Waals surface area contributed by atoms with Crippen molar-refractivity contribution in [3.8, 4) is 0 Å². The molecular formula is C17H24N2O6S. The first-order chi connectivity index (χ1) is 12.0. The number of hydrogen-bond donors (Lipinski definition) is 1. The molecule has 0 atom stereocenters. The van der Waals surface area contributed by atoms with Crippen molar-refractivity contribution >= 4 is 21.9 Å². The van der Waals surface area contributed by atoms with E-state index >= 15 is 0 Å². The lowest BCUT2D eigenvalue weighted by Crippen LogP contribution is -2.42. The molecule has 9 heteroatoms. The molecule has 0 unspecified atom stereocenters. The van der Waals surface area contributed by atoms with Gasteiger partial charge in [0.1, 0.15) is 5.60 Å². The number of rotatable bonds is 4. The third-order valence-electron chi connectivity index (χ3n) is 4.04. The van der Waals surface area contributed by atoms with Crippen LogP contribution < -0.4 is 0 Å². The Kier molecular flexibility index (Phi) is 5.90. The number of likely N-dealkylation sites (tertiary alicyclic amines) is 1. The lowest BCUT2D eigenvalue weighted by molar-refractivity contribution is 0.0191. The second-order valence-corrected chi connectivity index (χ2v) is 9.44. The number of carbonyl (C=O) groups excluding carboxylic acids is 1. The van der Waals surface area contributed by atoms with Crippen LogP contribution in [0.15, 0.2) is 23.4 Å². The van der Waals surface area contributed by atoms with E-state index in [0.717, 1.165) is 18.5 Å². The van der Waals surface area contributed by atoms with Crippen LogP contribution in [-0.2, 0) is 14.6 Å². The zero-order chi connectivity index (χ0) is 19.5. The van der Waals surface area contributed by atoms with Crippen LogP contribution in [0.1, 0.15) is 44.0 Å². The number of pyridine rings is 1. The number of ether oxygens (including phenoxy) is 1. The maximum atomic E-state index is 12.5. The Hall–Kier alpha value is -2.16. The van der Waals surface area contributed by atoms with Crippen molar-refractivity contribution in [2.24, 2.45) is 5.92 Å². The number of aromatic nitrogens is 1. The van der Waals surface area contributed by atoms with E-state index in [1.165, 1.54) is 0 Å². The molecule has 1 saturated heterocycles. The number of aromatic carboxylic acids is 1. The first-order valence-electron chi connectivity index (χ1n) is 8.37. The summed E-state index contributed by atoms with van der Waals surface area (Å²) >= 11 is 0. The monoisotopic (exact) mass is 384 g/mol. The first kappa shape index (κ1) is 20.2. The second kappa shape index (κ2) is 7.61. The Labute approximate surface area is 153 Å². The van der Waals surface area contributed by atoms with E-state index in [1.54, 1.807) is 25.7 Å². The quantitative estimate of drug-likeness (QED) is 0.846. The Morgan fingerprint density at radius 3 is 2.42 bits per heavy atom. The number of amides is 1. The summed E-state index contributed by atoms with van der Waals surface area (Å²) in [6.07, 6.45) is 2.98. The van der Waals surface area contributed by atoms with Gasteiger partial charge in [0.25, 0.3) is 0 Å². The average Bonchev–Trinajstić information content (AvgIpc) is 2.53. The molecule has 8 nitrogen and oxygen atoms in total. The van der Waals surface area contributed by atoms with Crippen molar-refractivity contribution in [3.05, 3.63) is 24.0 Å². The highest BCUT2D eigenvalue weighted by Crippen LogP contribution is 2.24. The molecule has 1 fully saturated rings. The molecule has 0 radical (unpaired) electrons. The Morgan fingerprint density at radius 1 is 1.27 bits per heavy atom. The SMILES string of the molecule is CC(C)(C)OC(=O)N1CCC(CS(=O)(=O)c2cncc(C(=O)O)c2)CC1. The van der Waals surface area contributed by atoms with E-state index in [9.17, 15) is 18.0 Å². The van der Waals surface area contributed by atoms with Crippen LogP contribution in [0.2, 0.25) is 0 Å². The van der Waals surface area contributed by atoms with Gasteiger partial charge >= 0.3 is 12.1 Å². The molecule has 144 valence electrons. The summed E-state index contributed by atoms with van der Waals surface area (Å²) in [4.78, 5) is 28.2. The maximum Gasteiger partial charge on any atom is 0.410 e. The summed E-state index contributed by atoms with van der Waals surface area (Å²) < 4.78 is 30.4. The molecule has 0 saturated carbocycles. The zero-order valence-corrected chi connectivity index (χ0v) is 16.0. The minimum Gasteiger partial charge on any atom is -0.478 e. The predicted molar refractivity (Wildman–Crippen MR) is 93.8 cm³/mol. The van der Waals surface area contributed by atoms with Crippen LogP contribution in [0.25, 0.3) is 0 Å². The largest absolute Gasteiger partial charge is 0.478 e. The van der Waals surface area contributed by atoms with E-state index in [0.29, 0.717) is 25.9 Å². The fourth-order valence-corrected chi connectivity index (χ4v) is 4.40. The highest BCUT2D eigenvalue weighted by molar-refractivity contribution is 7.91. The van der Waals surface area contributed by atoms with E-state index in [4.69, 9.17) is 9.84 Å². The first-order valence-corrected chi connectivity index (χ1v) is 10.0. The molecule has 1 aromatic rings. The third kappa shape index (κ3) is 5.42. The van der Waals surface area contributed by atoms with Gasteiger partial charge in [0.05, 0.1) is 16.2 Å². The van der Waals surface area contributed by atoms with E-state index in [-0.39, 0.29) is 22.1 Å². The highest BCUT2D eigenvalue weighted by Gasteiger charge is 2.30. The van der Waals surface area contributed by atoms with Gasteiger partial charge in [0.2, 0.25) is 0 Å². The van der Waals surface area contributed by atoms with Crippen molar-refractivity contribution in [1.29, 1.82) is 0 Å². The number of hydrogen-bond acceptors (Lipinski definition) is 6. The van der Waals surface area contributed by atoms with Crippen LogP contribution >= 0.6 is 0 Å². The fraction of sp³-hybridized carbons (Fsp3) is 0.588. The van der Waals surface area contributed by atoms with Gasteiger partial charge in [-0.15, -0.1) is 0 Å². The molecule has 0 bridgehead atoms. The lowest BCUT2D eigenvalue weighted by Gasteiger charge is -2.33. The Morgan fingerprint density at radius 2 is 1.88 bits per heavy atom. The van der Waals surface area contributed by atoms with Crippen molar-refractivity contribution in [2.45, 2.75) is 44.1 Å². The van der Waals surface area contributed by atoms with Gasteiger partial charge in [-0.3, -0.25) is 4.98 Å². The van der Waals surface area contributed by atoms with Gasteiger partial charge in [-0.1, -0.05) is 0 Å². The third-order valence-corrected chi connectivity index (χ3v) is 5.89. The summed E-state index contributed by atoms with van der Waals surface area (Å²) in [5.74, 6) is -1.42. The predicted octanol–water partition coefficient (Wildman–Crippen LogP) is 2.20. The molecule has 1 amide bonds. The van der Waals surface area contributed by atoms with Gasteiger partial charge in [-0.25, -0.2) is 18.0 Å². The second-order valence-electron chi connectivity index (χ2n) is 7.41. The van der Waals surface area contributed by atoms with E-state index < -0.39 is 27.5 Å². The molecule has 1 aromatic heterocycles. The number of piperidine rings is 1. The molecule has 0 aromatic carbocycles. The van der Waals surface area contributed by atoms with Crippen LogP contribution in [0, 0.1) is 5.92 Å². The average molecular weight is 384 g/mol. The van der Waals surface area contributed by atoms with Crippen molar-refractivity contribution in [3.63, 3.8) is 0 Å². The number of sulfone groups is 1. The molecule has 0 aliphatic carbocycles. The van der Waals surface area contributed by atoms with Crippen molar-refractivity contribution in [1.82, 2.24) is 9.88 Å².